The van der Waals surface area contributed by atoms with Gasteiger partial charge in [0.05, 0.1) is 11.4 Å². The Morgan fingerprint density at radius 2 is 1.84 bits per heavy atom. The molecule has 4 rings (SSSR count). The van der Waals surface area contributed by atoms with Crippen molar-refractivity contribution >= 4 is 34.8 Å². The highest BCUT2D eigenvalue weighted by Crippen LogP contribution is 2.21. The summed E-state index contributed by atoms with van der Waals surface area (Å²) in [5, 5.41) is 16.3. The molecule has 0 spiro atoms. The number of rotatable bonds is 7. The number of ketones is 1. The molecular formula is C23H21N5O2S. The number of nitrogens with zero attached hydrogens (tertiary/aromatic N) is 4. The Morgan fingerprint density at radius 3 is 2.58 bits per heavy atom. The minimum absolute atomic E-state index is 0.0494. The van der Waals surface area contributed by atoms with E-state index in [1.54, 1.807) is 28.8 Å². The summed E-state index contributed by atoms with van der Waals surface area (Å²) in [6, 6.07) is 18.9. The van der Waals surface area contributed by atoms with Gasteiger partial charge in [-0.25, -0.2) is 0 Å². The Morgan fingerprint density at radius 1 is 1.03 bits per heavy atom. The number of Topliss-reactive ketones (excluding diaryl/α,β-unsaturated/α-hetero) is 1. The molecule has 8 heteroatoms. The molecule has 0 radical (unpaired) electrons. The predicted octanol–water partition coefficient (Wildman–Crippen LogP) is 4.29. The zero-order valence-corrected chi connectivity index (χ0v) is 18.0. The van der Waals surface area contributed by atoms with Crippen LogP contribution >= 0.6 is 11.8 Å². The van der Waals surface area contributed by atoms with Crippen LogP contribution in [0.3, 0.4) is 0 Å². The molecule has 0 bridgehead atoms. The number of nitrogens with one attached hydrogen (secondary N) is 1. The van der Waals surface area contributed by atoms with Crippen molar-refractivity contribution in [1.29, 1.82) is 0 Å². The molecule has 0 aliphatic carbocycles. The summed E-state index contributed by atoms with van der Waals surface area (Å²) in [5.41, 5.74) is 4.84. The number of anilines is 1. The van der Waals surface area contributed by atoms with E-state index in [4.69, 9.17) is 0 Å². The Bertz CT molecular complexity index is 1250. The highest BCUT2D eigenvalue weighted by Gasteiger charge is 2.12. The van der Waals surface area contributed by atoms with Gasteiger partial charge in [-0.2, -0.15) is 9.61 Å². The van der Waals surface area contributed by atoms with E-state index in [0.717, 1.165) is 17.7 Å². The molecule has 0 aliphatic heterocycles. The third-order valence-electron chi connectivity index (χ3n) is 4.78. The highest BCUT2D eigenvalue weighted by atomic mass is 32.2. The van der Waals surface area contributed by atoms with Crippen molar-refractivity contribution in [2.75, 3.05) is 11.1 Å². The Kier molecular flexibility index (Phi) is 6.08. The number of aromatic nitrogens is 4. The molecule has 2 heterocycles. The normalized spacial score (nSPS) is 10.9. The van der Waals surface area contributed by atoms with Gasteiger partial charge in [-0.05, 0) is 43.2 Å². The first kappa shape index (κ1) is 20.7. The van der Waals surface area contributed by atoms with Crippen LogP contribution in [0.15, 0.2) is 65.8 Å². The second-order valence-corrected chi connectivity index (χ2v) is 7.94. The summed E-state index contributed by atoms with van der Waals surface area (Å²) in [5.74, 6) is -0.109. The number of aryl methyl sites for hydroxylation is 1. The number of amides is 1. The fourth-order valence-corrected chi connectivity index (χ4v) is 3.76. The maximum atomic E-state index is 12.4. The number of thioether (sulfide) groups is 1. The van der Waals surface area contributed by atoms with Crippen LogP contribution in [0.2, 0.25) is 0 Å². The van der Waals surface area contributed by atoms with Crippen molar-refractivity contribution in [3.63, 3.8) is 0 Å². The van der Waals surface area contributed by atoms with Crippen LogP contribution in [0.5, 0.6) is 0 Å². The summed E-state index contributed by atoms with van der Waals surface area (Å²) in [6.07, 6.45) is 0.986. The largest absolute Gasteiger partial charge is 0.325 e. The molecule has 2 aromatic heterocycles. The van der Waals surface area contributed by atoms with Crippen molar-refractivity contribution in [2.24, 2.45) is 0 Å². The van der Waals surface area contributed by atoms with Gasteiger partial charge in [0.2, 0.25) is 11.1 Å². The molecule has 4 aromatic rings. The lowest BCUT2D eigenvalue weighted by Crippen LogP contribution is -2.14. The predicted molar refractivity (Wildman–Crippen MR) is 121 cm³/mol. The molecule has 0 fully saturated rings. The van der Waals surface area contributed by atoms with Gasteiger partial charge < -0.3 is 5.32 Å². The fraction of sp³-hybridized carbons (Fsp3) is 0.174. The van der Waals surface area contributed by atoms with E-state index in [1.165, 1.54) is 24.2 Å². The van der Waals surface area contributed by atoms with E-state index in [9.17, 15) is 9.59 Å². The van der Waals surface area contributed by atoms with Crippen LogP contribution in [0.25, 0.3) is 16.9 Å². The third kappa shape index (κ3) is 4.80. The minimum atomic E-state index is -0.200. The van der Waals surface area contributed by atoms with Crippen molar-refractivity contribution in [3.8, 4) is 11.3 Å². The summed E-state index contributed by atoms with van der Waals surface area (Å²) >= 11 is 1.25. The lowest BCUT2D eigenvalue weighted by Gasteiger charge is -2.06. The molecular weight excluding hydrogens is 410 g/mol. The summed E-state index contributed by atoms with van der Waals surface area (Å²) in [7, 11) is 0. The molecule has 1 amide bonds. The van der Waals surface area contributed by atoms with Crippen molar-refractivity contribution in [3.05, 3.63) is 71.8 Å². The van der Waals surface area contributed by atoms with E-state index in [2.05, 4.69) is 39.7 Å². The van der Waals surface area contributed by atoms with Gasteiger partial charge in [0.15, 0.2) is 11.4 Å². The van der Waals surface area contributed by atoms with Gasteiger partial charge in [-0.1, -0.05) is 55.1 Å². The summed E-state index contributed by atoms with van der Waals surface area (Å²) in [4.78, 5) is 23.9. The molecule has 2 aromatic carbocycles. The Balaban J connectivity index is 1.47. The second kappa shape index (κ2) is 9.09. The lowest BCUT2D eigenvalue weighted by molar-refractivity contribution is -0.113. The molecule has 156 valence electrons. The number of fused-ring (bicyclic) bond motifs is 1. The van der Waals surface area contributed by atoms with Crippen LogP contribution in [-0.4, -0.2) is 37.3 Å². The molecule has 0 saturated heterocycles. The Hall–Kier alpha value is -3.52. The van der Waals surface area contributed by atoms with Gasteiger partial charge in [0, 0.05) is 16.8 Å². The topological polar surface area (TPSA) is 89.2 Å². The quantitative estimate of drug-likeness (QED) is 0.347. The van der Waals surface area contributed by atoms with E-state index in [1.807, 2.05) is 24.3 Å². The SMILES string of the molecule is CCc1ccc(-c2ccc3nnc(SCC(=O)Nc4cccc(C(C)=O)c4)n3n2)cc1. The van der Waals surface area contributed by atoms with Gasteiger partial charge in [-0.15, -0.1) is 10.2 Å². The molecule has 31 heavy (non-hydrogen) atoms. The molecule has 0 aliphatic rings. The van der Waals surface area contributed by atoms with Crippen LogP contribution in [0, 0.1) is 0 Å². The van der Waals surface area contributed by atoms with Crippen LogP contribution in [0.4, 0.5) is 5.69 Å². The van der Waals surface area contributed by atoms with Gasteiger partial charge >= 0.3 is 0 Å². The first-order valence-corrected chi connectivity index (χ1v) is 10.9. The number of carbonyl (C=O) groups excluding carboxylic acids is 2. The number of hydrogen-bond donors (Lipinski definition) is 1. The number of hydrogen-bond acceptors (Lipinski definition) is 6. The van der Waals surface area contributed by atoms with E-state index in [-0.39, 0.29) is 17.4 Å². The molecule has 0 saturated carbocycles. The lowest BCUT2D eigenvalue weighted by atomic mass is 10.1. The second-order valence-electron chi connectivity index (χ2n) is 7.00. The van der Waals surface area contributed by atoms with Crippen LogP contribution in [0.1, 0.15) is 29.8 Å². The molecule has 0 unspecified atom stereocenters. The van der Waals surface area contributed by atoms with Gasteiger partial charge in [-0.3, -0.25) is 9.59 Å². The van der Waals surface area contributed by atoms with E-state index < -0.39 is 0 Å². The first-order chi connectivity index (χ1) is 15.0. The summed E-state index contributed by atoms with van der Waals surface area (Å²) < 4.78 is 1.65. The van der Waals surface area contributed by atoms with Crippen LogP contribution < -0.4 is 5.32 Å². The van der Waals surface area contributed by atoms with Gasteiger partial charge in [0.25, 0.3) is 0 Å². The average Bonchev–Trinajstić information content (AvgIpc) is 3.20. The highest BCUT2D eigenvalue weighted by molar-refractivity contribution is 7.99. The first-order valence-electron chi connectivity index (χ1n) is 9.89. The van der Waals surface area contributed by atoms with Crippen LogP contribution in [-0.2, 0) is 11.2 Å². The molecule has 0 atom stereocenters. The number of carbonyl (C=O) groups is 2. The average molecular weight is 432 g/mol. The summed E-state index contributed by atoms with van der Waals surface area (Å²) in [6.45, 7) is 3.61. The van der Waals surface area contributed by atoms with Crippen molar-refractivity contribution in [1.82, 2.24) is 19.8 Å². The van der Waals surface area contributed by atoms with Crippen molar-refractivity contribution < 1.29 is 9.59 Å². The molecule has 1 N–H and O–H groups in total. The minimum Gasteiger partial charge on any atom is -0.325 e. The number of benzene rings is 2. The zero-order valence-electron chi connectivity index (χ0n) is 17.2. The van der Waals surface area contributed by atoms with Crippen molar-refractivity contribution in [2.45, 2.75) is 25.4 Å². The molecule has 7 nitrogen and oxygen atoms in total. The fourth-order valence-electron chi connectivity index (χ4n) is 3.07. The third-order valence-corrected chi connectivity index (χ3v) is 5.70. The van der Waals surface area contributed by atoms with E-state index in [0.29, 0.717) is 22.1 Å². The monoisotopic (exact) mass is 431 g/mol. The maximum Gasteiger partial charge on any atom is 0.234 e. The van der Waals surface area contributed by atoms with E-state index >= 15 is 0 Å². The zero-order chi connectivity index (χ0) is 21.8. The Labute approximate surface area is 183 Å². The standard InChI is InChI=1S/C23H21N5O2S/c1-3-16-7-9-17(10-8-16)20-11-12-21-25-26-23(28(21)27-20)31-14-22(30)24-19-6-4-5-18(13-19)15(2)29/h4-13H,3,14H2,1-2H3,(H,24,30). The van der Waals surface area contributed by atoms with Gasteiger partial charge in [0.1, 0.15) is 0 Å². The smallest absolute Gasteiger partial charge is 0.234 e. The maximum absolute atomic E-state index is 12.4.